The first-order valence-corrected chi connectivity index (χ1v) is 6.93. The molecule has 2 aromatic rings. The van der Waals surface area contributed by atoms with Crippen LogP contribution in [0.3, 0.4) is 0 Å². The Morgan fingerprint density at radius 2 is 2.05 bits per heavy atom. The van der Waals surface area contributed by atoms with Gasteiger partial charge in [0, 0.05) is 33.9 Å². The van der Waals surface area contributed by atoms with Gasteiger partial charge in [0.25, 0.3) is 5.69 Å². The number of nitrogens with zero attached hydrogens (tertiary/aromatic N) is 1. The monoisotopic (exact) mass is 364 g/mol. The molecule has 0 atom stereocenters. The van der Waals surface area contributed by atoms with Crippen molar-refractivity contribution < 1.29 is 14.1 Å². The van der Waals surface area contributed by atoms with Crippen molar-refractivity contribution in [2.24, 2.45) is 0 Å². The molecule has 0 saturated carbocycles. The van der Waals surface area contributed by atoms with E-state index in [1.54, 1.807) is 6.07 Å². The maximum absolute atomic E-state index is 13.5. The van der Waals surface area contributed by atoms with Gasteiger partial charge in [0.05, 0.1) is 4.92 Å². The van der Waals surface area contributed by atoms with Gasteiger partial charge in [-0.15, -0.1) is 0 Å². The second-order valence-electron chi connectivity index (χ2n) is 4.30. The van der Waals surface area contributed by atoms with Crippen molar-refractivity contribution in [2.75, 3.05) is 5.32 Å². The molecule has 0 heterocycles. The van der Waals surface area contributed by atoms with Crippen LogP contribution in [0.5, 0.6) is 0 Å². The molecule has 2 aromatic carbocycles. The first-order chi connectivity index (χ1) is 10.5. The third-order valence-corrected chi connectivity index (χ3v) is 3.19. The Balaban J connectivity index is 2.10. The van der Waals surface area contributed by atoms with Crippen LogP contribution in [-0.4, -0.2) is 10.8 Å². The average Bonchev–Trinajstić information content (AvgIpc) is 2.48. The molecule has 22 heavy (non-hydrogen) atoms. The zero-order chi connectivity index (χ0) is 16.1. The number of hydrogen-bond acceptors (Lipinski definition) is 3. The molecule has 0 spiro atoms. The van der Waals surface area contributed by atoms with E-state index in [-0.39, 0.29) is 11.3 Å². The number of hydrogen-bond donors (Lipinski definition) is 1. The largest absolute Gasteiger partial charge is 0.322 e. The quantitative estimate of drug-likeness (QED) is 0.503. The minimum Gasteiger partial charge on any atom is -0.322 e. The molecule has 0 aliphatic carbocycles. The maximum atomic E-state index is 13.5. The molecule has 0 unspecified atom stereocenters. The fourth-order valence-corrected chi connectivity index (χ4v) is 2.07. The van der Waals surface area contributed by atoms with E-state index in [4.69, 9.17) is 0 Å². The van der Waals surface area contributed by atoms with Gasteiger partial charge in [0.1, 0.15) is 5.82 Å². The van der Waals surface area contributed by atoms with E-state index in [1.807, 2.05) is 0 Å². The highest BCUT2D eigenvalue weighted by atomic mass is 79.9. The van der Waals surface area contributed by atoms with E-state index < -0.39 is 16.6 Å². The lowest BCUT2D eigenvalue weighted by Crippen LogP contribution is -2.07. The fraction of sp³-hybridized carbons (Fsp3) is 0. The minimum absolute atomic E-state index is 0.125. The zero-order valence-electron chi connectivity index (χ0n) is 11.1. The number of anilines is 1. The van der Waals surface area contributed by atoms with Crippen molar-refractivity contribution in [3.8, 4) is 0 Å². The van der Waals surface area contributed by atoms with Gasteiger partial charge in [-0.2, -0.15) is 0 Å². The summed E-state index contributed by atoms with van der Waals surface area (Å²) in [6, 6.07) is 9.92. The molecule has 2 rings (SSSR count). The first kappa shape index (κ1) is 15.8. The summed E-state index contributed by atoms with van der Waals surface area (Å²) in [4.78, 5) is 21.9. The molecule has 0 aliphatic rings. The number of nitro benzene ring substituents is 1. The van der Waals surface area contributed by atoms with Crippen LogP contribution in [0.25, 0.3) is 6.08 Å². The van der Waals surface area contributed by atoms with E-state index >= 15 is 0 Å². The van der Waals surface area contributed by atoms with Crippen LogP contribution in [-0.2, 0) is 4.79 Å². The minimum atomic E-state index is -0.553. The summed E-state index contributed by atoms with van der Waals surface area (Å²) in [5.41, 5.74) is 0.418. The summed E-state index contributed by atoms with van der Waals surface area (Å²) >= 11 is 3.21. The lowest BCUT2D eigenvalue weighted by Gasteiger charge is -2.02. The molecule has 0 fully saturated rings. The van der Waals surface area contributed by atoms with Gasteiger partial charge < -0.3 is 5.32 Å². The van der Waals surface area contributed by atoms with E-state index in [9.17, 15) is 19.3 Å². The maximum Gasteiger partial charge on any atom is 0.271 e. The standard InChI is InChI=1S/C15H10BrFN2O3/c16-11-5-6-14(17)10(8-11)4-7-15(20)18-12-2-1-3-13(9-12)19(21)22/h1-9H,(H,18,20)/b7-4+. The molecule has 0 aliphatic heterocycles. The fourth-order valence-electron chi connectivity index (χ4n) is 1.69. The first-order valence-electron chi connectivity index (χ1n) is 6.14. The van der Waals surface area contributed by atoms with Crippen LogP contribution in [0.1, 0.15) is 5.56 Å². The third-order valence-electron chi connectivity index (χ3n) is 2.70. The average molecular weight is 365 g/mol. The number of nitro groups is 1. The van der Waals surface area contributed by atoms with Crippen molar-refractivity contribution in [1.29, 1.82) is 0 Å². The smallest absolute Gasteiger partial charge is 0.271 e. The predicted molar refractivity (Wildman–Crippen MR) is 84.9 cm³/mol. The Bertz CT molecular complexity index is 762. The summed E-state index contributed by atoms with van der Waals surface area (Å²) in [5, 5.41) is 13.1. The number of carbonyl (C=O) groups excluding carboxylic acids is 1. The number of nitrogens with one attached hydrogen (secondary N) is 1. The van der Waals surface area contributed by atoms with Crippen molar-refractivity contribution in [3.63, 3.8) is 0 Å². The molecule has 0 saturated heterocycles. The van der Waals surface area contributed by atoms with Gasteiger partial charge >= 0.3 is 0 Å². The second kappa shape index (κ2) is 6.95. The van der Waals surface area contributed by atoms with Gasteiger partial charge in [-0.1, -0.05) is 22.0 Å². The Labute approximate surface area is 133 Å². The highest BCUT2D eigenvalue weighted by Gasteiger charge is 2.07. The third kappa shape index (κ3) is 4.23. The predicted octanol–water partition coefficient (Wildman–Crippen LogP) is 4.15. The number of benzene rings is 2. The summed E-state index contributed by atoms with van der Waals surface area (Å²) in [6.45, 7) is 0. The van der Waals surface area contributed by atoms with Crippen molar-refractivity contribution >= 4 is 39.3 Å². The highest BCUT2D eigenvalue weighted by molar-refractivity contribution is 9.10. The lowest BCUT2D eigenvalue weighted by molar-refractivity contribution is -0.384. The number of halogens is 2. The molecule has 1 amide bonds. The number of non-ortho nitro benzene ring substituents is 1. The van der Waals surface area contributed by atoms with Gasteiger partial charge in [-0.05, 0) is 30.3 Å². The molecule has 5 nitrogen and oxygen atoms in total. The molecular weight excluding hydrogens is 355 g/mol. The summed E-state index contributed by atoms with van der Waals surface area (Å²) in [5.74, 6) is -0.970. The van der Waals surface area contributed by atoms with Crippen molar-refractivity contribution in [1.82, 2.24) is 0 Å². The highest BCUT2D eigenvalue weighted by Crippen LogP contribution is 2.18. The lowest BCUT2D eigenvalue weighted by atomic mass is 10.2. The molecule has 7 heteroatoms. The normalized spacial score (nSPS) is 10.6. The van der Waals surface area contributed by atoms with Gasteiger partial charge in [0.15, 0.2) is 0 Å². The molecule has 0 aromatic heterocycles. The number of amides is 1. The van der Waals surface area contributed by atoms with E-state index in [0.29, 0.717) is 10.2 Å². The molecule has 0 bridgehead atoms. The van der Waals surface area contributed by atoms with Crippen molar-refractivity contribution in [3.05, 3.63) is 74.5 Å². The van der Waals surface area contributed by atoms with Crippen LogP contribution < -0.4 is 5.32 Å². The van der Waals surface area contributed by atoms with Crippen LogP contribution >= 0.6 is 15.9 Å². The summed E-state index contributed by atoms with van der Waals surface area (Å²) in [6.07, 6.45) is 2.48. The molecular formula is C15H10BrFN2O3. The van der Waals surface area contributed by atoms with Crippen LogP contribution in [0, 0.1) is 15.9 Å². The Hall–Kier alpha value is -2.54. The van der Waals surface area contributed by atoms with Gasteiger partial charge in [-0.25, -0.2) is 4.39 Å². The van der Waals surface area contributed by atoms with Crippen LogP contribution in [0.4, 0.5) is 15.8 Å². The van der Waals surface area contributed by atoms with Gasteiger partial charge in [0.2, 0.25) is 5.91 Å². The molecule has 1 N–H and O–H groups in total. The van der Waals surface area contributed by atoms with E-state index in [1.165, 1.54) is 42.5 Å². The van der Waals surface area contributed by atoms with E-state index in [0.717, 1.165) is 6.08 Å². The van der Waals surface area contributed by atoms with Crippen molar-refractivity contribution in [2.45, 2.75) is 0 Å². The Morgan fingerprint density at radius 1 is 1.27 bits per heavy atom. The molecule has 0 radical (unpaired) electrons. The summed E-state index contributed by atoms with van der Waals surface area (Å²) in [7, 11) is 0. The zero-order valence-corrected chi connectivity index (χ0v) is 12.7. The van der Waals surface area contributed by atoms with Gasteiger partial charge in [-0.3, -0.25) is 14.9 Å². The SMILES string of the molecule is O=C(/C=C/c1cc(Br)ccc1F)Nc1cccc([N+](=O)[O-])c1. The Morgan fingerprint density at radius 3 is 2.77 bits per heavy atom. The number of carbonyl (C=O) groups is 1. The molecule has 112 valence electrons. The second-order valence-corrected chi connectivity index (χ2v) is 5.21. The number of rotatable bonds is 4. The Kier molecular flexibility index (Phi) is 5.00. The van der Waals surface area contributed by atoms with Crippen LogP contribution in [0.2, 0.25) is 0 Å². The topological polar surface area (TPSA) is 72.2 Å². The van der Waals surface area contributed by atoms with Crippen LogP contribution in [0.15, 0.2) is 53.0 Å². The summed E-state index contributed by atoms with van der Waals surface area (Å²) < 4.78 is 14.2. The van der Waals surface area contributed by atoms with E-state index in [2.05, 4.69) is 21.2 Å².